The maximum atomic E-state index is 5.06. The van der Waals surface area contributed by atoms with E-state index in [1.54, 1.807) is 0 Å². The second-order valence-electron chi connectivity index (χ2n) is 1.58. The molecule has 3 nitrogen and oxygen atoms in total. The van der Waals surface area contributed by atoms with E-state index in [1.165, 1.54) is 0 Å². The Morgan fingerprint density at radius 3 is 2.86 bits per heavy atom. The Kier molecular flexibility index (Phi) is 1.62. The molecule has 0 aromatic rings. The molecule has 0 amide bonds. The van der Waals surface area contributed by atoms with Crippen LogP contribution < -0.4 is 10.6 Å². The highest BCUT2D eigenvalue weighted by Gasteiger charge is 2.02. The molecule has 1 atom stereocenters. The molecular weight excluding hydrogens is 92.1 g/mol. The first-order valence-corrected chi connectivity index (χ1v) is 2.45. The van der Waals surface area contributed by atoms with Gasteiger partial charge in [-0.25, -0.2) is 0 Å². The van der Waals surface area contributed by atoms with Gasteiger partial charge in [0.2, 0.25) is 0 Å². The summed E-state index contributed by atoms with van der Waals surface area (Å²) in [7, 11) is 0. The predicted octanol–water partition coefficient (Wildman–Crippen LogP) is -0.543. The van der Waals surface area contributed by atoms with Gasteiger partial charge in [0.15, 0.2) is 0 Å². The molecule has 1 aliphatic heterocycles. The third-order valence-electron chi connectivity index (χ3n) is 0.950. The number of nitrogens with one attached hydrogen (secondary N) is 2. The average Bonchev–Trinajstić information content (AvgIpc) is 1.69. The van der Waals surface area contributed by atoms with Crippen molar-refractivity contribution in [3.63, 3.8) is 0 Å². The minimum absolute atomic E-state index is 0.223. The van der Waals surface area contributed by atoms with Gasteiger partial charge in [0.1, 0.15) is 6.23 Å². The molecule has 3 heteroatoms. The molecule has 0 aliphatic carbocycles. The highest BCUT2D eigenvalue weighted by molar-refractivity contribution is 4.49. The third-order valence-corrected chi connectivity index (χ3v) is 0.950. The lowest BCUT2D eigenvalue weighted by molar-refractivity contribution is -0.00300. The van der Waals surface area contributed by atoms with E-state index in [0.717, 1.165) is 6.67 Å². The Bertz CT molecular complexity index is 51.7. The fraction of sp³-hybridized carbons (Fsp3) is 1.00. The predicted molar refractivity (Wildman–Crippen MR) is 26.6 cm³/mol. The summed E-state index contributed by atoms with van der Waals surface area (Å²) in [5.74, 6) is 0. The summed E-state index contributed by atoms with van der Waals surface area (Å²) in [6.07, 6.45) is 0.223. The zero-order valence-corrected chi connectivity index (χ0v) is 4.40. The van der Waals surface area contributed by atoms with E-state index >= 15 is 0 Å². The lowest BCUT2D eigenvalue weighted by atomic mass is 10.6. The Hall–Kier alpha value is -0.120. The second-order valence-corrected chi connectivity index (χ2v) is 1.58. The number of ether oxygens (including phenoxy) is 1. The molecule has 1 heterocycles. The molecule has 0 aromatic heterocycles. The van der Waals surface area contributed by atoms with Crippen LogP contribution in [-0.2, 0) is 4.74 Å². The highest BCUT2D eigenvalue weighted by Crippen LogP contribution is 1.84. The molecule has 1 saturated heterocycles. The van der Waals surface area contributed by atoms with Crippen LogP contribution in [0.5, 0.6) is 0 Å². The second kappa shape index (κ2) is 2.26. The molecule has 2 N–H and O–H groups in total. The van der Waals surface area contributed by atoms with Crippen molar-refractivity contribution in [1.82, 2.24) is 10.6 Å². The summed E-state index contributed by atoms with van der Waals surface area (Å²) in [5, 5.41) is 6.03. The molecule has 1 fully saturated rings. The quantitative estimate of drug-likeness (QED) is 0.431. The van der Waals surface area contributed by atoms with E-state index < -0.39 is 0 Å². The molecule has 0 saturated carbocycles. The van der Waals surface area contributed by atoms with Crippen LogP contribution in [0.25, 0.3) is 0 Å². The summed E-state index contributed by atoms with van der Waals surface area (Å²) in [6.45, 7) is 3.52. The van der Waals surface area contributed by atoms with Crippen LogP contribution in [-0.4, -0.2) is 19.6 Å². The van der Waals surface area contributed by atoms with Crippen LogP contribution in [0.4, 0.5) is 0 Å². The normalized spacial score (nSPS) is 33.0. The van der Waals surface area contributed by atoms with Crippen molar-refractivity contribution in [1.29, 1.82) is 0 Å². The van der Waals surface area contributed by atoms with E-state index in [4.69, 9.17) is 4.74 Å². The fourth-order valence-corrected chi connectivity index (χ4v) is 0.510. The Morgan fingerprint density at radius 1 is 1.71 bits per heavy atom. The van der Waals surface area contributed by atoms with Gasteiger partial charge in [-0.05, 0) is 6.92 Å². The van der Waals surface area contributed by atoms with Crippen molar-refractivity contribution < 1.29 is 4.74 Å². The maximum absolute atomic E-state index is 5.06. The number of hydrogen-bond acceptors (Lipinski definition) is 3. The monoisotopic (exact) mass is 102 g/mol. The molecule has 0 unspecified atom stereocenters. The molecule has 1 rings (SSSR count). The van der Waals surface area contributed by atoms with Gasteiger partial charge in [-0.15, -0.1) is 0 Å². The lowest BCUT2D eigenvalue weighted by Gasteiger charge is -2.20. The van der Waals surface area contributed by atoms with Crippen molar-refractivity contribution in [3.05, 3.63) is 0 Å². The average molecular weight is 102 g/mol. The van der Waals surface area contributed by atoms with Crippen LogP contribution in [0.2, 0.25) is 0 Å². The minimum atomic E-state index is 0.223. The van der Waals surface area contributed by atoms with Gasteiger partial charge in [0.05, 0.1) is 6.73 Å². The zero-order chi connectivity index (χ0) is 5.11. The lowest BCUT2D eigenvalue weighted by Crippen LogP contribution is -2.45. The van der Waals surface area contributed by atoms with Crippen LogP contribution in [0, 0.1) is 0 Å². The molecule has 42 valence electrons. The maximum Gasteiger partial charge on any atom is 0.108 e. The minimum Gasteiger partial charge on any atom is -0.348 e. The summed E-state index contributed by atoms with van der Waals surface area (Å²) < 4.78 is 5.06. The van der Waals surface area contributed by atoms with Gasteiger partial charge in [0.25, 0.3) is 0 Å². The van der Waals surface area contributed by atoms with Crippen molar-refractivity contribution in [2.24, 2.45) is 0 Å². The standard InChI is InChI=1S/C4H10N2O/c1-4-6-2-5-3-7-4/h4-6H,2-3H2,1H3/t4-/m1/s1. The summed E-state index contributed by atoms with van der Waals surface area (Å²) in [4.78, 5) is 0. The van der Waals surface area contributed by atoms with Crippen LogP contribution in [0.1, 0.15) is 6.92 Å². The number of hydrogen-bond donors (Lipinski definition) is 2. The summed E-state index contributed by atoms with van der Waals surface area (Å²) in [6, 6.07) is 0. The van der Waals surface area contributed by atoms with E-state index in [2.05, 4.69) is 10.6 Å². The van der Waals surface area contributed by atoms with Gasteiger partial charge in [-0.3, -0.25) is 10.6 Å². The molecule has 0 spiro atoms. The fourth-order valence-electron chi connectivity index (χ4n) is 0.510. The first-order valence-electron chi connectivity index (χ1n) is 2.45. The molecule has 7 heavy (non-hydrogen) atoms. The van der Waals surface area contributed by atoms with Gasteiger partial charge >= 0.3 is 0 Å². The Labute approximate surface area is 43.0 Å². The third kappa shape index (κ3) is 1.43. The SMILES string of the molecule is C[C@@H]1NCNCO1. The topological polar surface area (TPSA) is 33.3 Å². The van der Waals surface area contributed by atoms with Gasteiger partial charge < -0.3 is 4.74 Å². The Balaban J connectivity index is 2.12. The largest absolute Gasteiger partial charge is 0.348 e. The van der Waals surface area contributed by atoms with E-state index in [9.17, 15) is 0 Å². The van der Waals surface area contributed by atoms with Gasteiger partial charge in [0, 0.05) is 6.67 Å². The van der Waals surface area contributed by atoms with E-state index in [1.807, 2.05) is 6.92 Å². The number of rotatable bonds is 0. The van der Waals surface area contributed by atoms with Crippen molar-refractivity contribution in [2.45, 2.75) is 13.2 Å². The molecular formula is C4H10N2O. The van der Waals surface area contributed by atoms with Gasteiger partial charge in [-0.2, -0.15) is 0 Å². The van der Waals surface area contributed by atoms with E-state index in [0.29, 0.717) is 6.73 Å². The van der Waals surface area contributed by atoms with Crippen molar-refractivity contribution in [3.8, 4) is 0 Å². The van der Waals surface area contributed by atoms with Crippen LogP contribution in [0.15, 0.2) is 0 Å². The molecule has 0 aromatic carbocycles. The van der Waals surface area contributed by atoms with Crippen molar-refractivity contribution in [2.75, 3.05) is 13.4 Å². The molecule has 0 bridgehead atoms. The summed E-state index contributed by atoms with van der Waals surface area (Å²) >= 11 is 0. The molecule has 1 aliphatic rings. The first-order chi connectivity index (χ1) is 3.39. The first kappa shape index (κ1) is 5.03. The van der Waals surface area contributed by atoms with E-state index in [-0.39, 0.29) is 6.23 Å². The highest BCUT2D eigenvalue weighted by atomic mass is 16.5. The van der Waals surface area contributed by atoms with Crippen molar-refractivity contribution >= 4 is 0 Å². The zero-order valence-electron chi connectivity index (χ0n) is 4.40. The van der Waals surface area contributed by atoms with Gasteiger partial charge in [-0.1, -0.05) is 0 Å². The smallest absolute Gasteiger partial charge is 0.108 e. The van der Waals surface area contributed by atoms with Crippen LogP contribution in [0.3, 0.4) is 0 Å². The Morgan fingerprint density at radius 2 is 2.57 bits per heavy atom. The van der Waals surface area contributed by atoms with Crippen LogP contribution >= 0.6 is 0 Å². The molecule has 0 radical (unpaired) electrons. The summed E-state index contributed by atoms with van der Waals surface area (Å²) in [5.41, 5.74) is 0.